The summed E-state index contributed by atoms with van der Waals surface area (Å²) < 4.78 is 0. The number of benzene rings is 2. The van der Waals surface area contributed by atoms with Gasteiger partial charge in [0, 0.05) is 35.7 Å². The first kappa shape index (κ1) is 14.1. The van der Waals surface area contributed by atoms with Crippen LogP contribution in [0.15, 0.2) is 53.5 Å². The highest BCUT2D eigenvalue weighted by Gasteiger charge is 2.12. The van der Waals surface area contributed by atoms with Crippen molar-refractivity contribution in [1.29, 1.82) is 0 Å². The number of aromatic amines is 2. The van der Waals surface area contributed by atoms with E-state index in [1.165, 1.54) is 12.1 Å². The maximum absolute atomic E-state index is 12.1. The van der Waals surface area contributed by atoms with Crippen molar-refractivity contribution in [1.82, 2.24) is 15.0 Å². The van der Waals surface area contributed by atoms with E-state index < -0.39 is 4.92 Å². The molecule has 0 unspecified atom stereocenters. The third-order valence-electron chi connectivity index (χ3n) is 3.98. The fourth-order valence-corrected chi connectivity index (χ4v) is 2.83. The number of para-hydroxylation sites is 1. The van der Waals surface area contributed by atoms with Gasteiger partial charge in [-0.25, -0.2) is 4.98 Å². The van der Waals surface area contributed by atoms with E-state index in [0.717, 1.165) is 16.5 Å². The zero-order chi connectivity index (χ0) is 16.7. The van der Waals surface area contributed by atoms with Crippen LogP contribution in [-0.4, -0.2) is 19.9 Å². The molecule has 0 bridgehead atoms. The van der Waals surface area contributed by atoms with Gasteiger partial charge in [0.15, 0.2) is 0 Å². The summed E-state index contributed by atoms with van der Waals surface area (Å²) in [5.74, 6) is 0.520. The van der Waals surface area contributed by atoms with Crippen molar-refractivity contribution in [2.75, 3.05) is 0 Å². The van der Waals surface area contributed by atoms with Gasteiger partial charge in [0.2, 0.25) is 0 Å². The number of hydrogen-bond acceptors (Lipinski definition) is 4. The van der Waals surface area contributed by atoms with Crippen LogP contribution in [0.2, 0.25) is 0 Å². The Labute approximate surface area is 135 Å². The number of rotatable bonds is 3. The van der Waals surface area contributed by atoms with Gasteiger partial charge in [-0.15, -0.1) is 0 Å². The van der Waals surface area contributed by atoms with E-state index in [1.54, 1.807) is 30.5 Å². The molecule has 0 aliphatic carbocycles. The van der Waals surface area contributed by atoms with E-state index in [1.807, 2.05) is 6.07 Å². The third-order valence-corrected chi connectivity index (χ3v) is 3.98. The first-order chi connectivity index (χ1) is 11.6. The molecule has 0 saturated heterocycles. The molecule has 0 saturated carbocycles. The zero-order valence-corrected chi connectivity index (χ0v) is 12.4. The first-order valence-corrected chi connectivity index (χ1v) is 7.34. The summed E-state index contributed by atoms with van der Waals surface area (Å²) in [6.07, 6.45) is 2.16. The van der Waals surface area contributed by atoms with Crippen LogP contribution in [0.25, 0.3) is 21.8 Å². The van der Waals surface area contributed by atoms with E-state index in [0.29, 0.717) is 23.1 Å². The molecule has 0 atom stereocenters. The molecule has 2 N–H and O–H groups in total. The molecule has 0 aliphatic rings. The highest BCUT2D eigenvalue weighted by Crippen LogP contribution is 2.25. The minimum absolute atomic E-state index is 0.0308. The smallest absolute Gasteiger partial charge is 0.270 e. The fourth-order valence-electron chi connectivity index (χ4n) is 2.83. The molecule has 4 aromatic rings. The number of nitro groups is 1. The van der Waals surface area contributed by atoms with Gasteiger partial charge in [-0.05, 0) is 23.8 Å². The van der Waals surface area contributed by atoms with Gasteiger partial charge in [0.25, 0.3) is 11.2 Å². The van der Waals surface area contributed by atoms with Crippen molar-refractivity contribution >= 4 is 27.5 Å². The van der Waals surface area contributed by atoms with Crippen LogP contribution >= 0.6 is 0 Å². The monoisotopic (exact) mass is 320 g/mol. The molecule has 2 aromatic heterocycles. The van der Waals surface area contributed by atoms with Gasteiger partial charge in [-0.2, -0.15) is 0 Å². The summed E-state index contributed by atoms with van der Waals surface area (Å²) in [6, 6.07) is 11.8. The van der Waals surface area contributed by atoms with Crippen LogP contribution in [0.3, 0.4) is 0 Å². The Balaban J connectivity index is 1.80. The number of nitro benzene ring substituents is 1. The molecule has 2 aromatic carbocycles. The topological polar surface area (TPSA) is 105 Å². The Morgan fingerprint density at radius 2 is 1.96 bits per heavy atom. The maximum atomic E-state index is 12.1. The van der Waals surface area contributed by atoms with Gasteiger partial charge in [-0.3, -0.25) is 14.9 Å². The van der Waals surface area contributed by atoms with Gasteiger partial charge >= 0.3 is 0 Å². The summed E-state index contributed by atoms with van der Waals surface area (Å²) in [5, 5.41) is 12.3. The standard InChI is InChI=1S/C17H12N4O3/c22-17-12-3-1-2-4-15(12)19-16(20-17)7-10-9-18-14-6-5-11(21(23)24)8-13(10)14/h1-6,8-9,18H,7H2,(H,19,20,22). The Bertz CT molecular complexity index is 1140. The third kappa shape index (κ3) is 2.32. The SMILES string of the molecule is O=c1[nH]c(Cc2c[nH]c3ccc([N+](=O)[O-])cc23)nc2ccccc12. The zero-order valence-electron chi connectivity index (χ0n) is 12.4. The van der Waals surface area contributed by atoms with Crippen molar-refractivity contribution in [3.63, 3.8) is 0 Å². The molecule has 0 aliphatic heterocycles. The van der Waals surface area contributed by atoms with Crippen molar-refractivity contribution in [3.05, 3.63) is 80.5 Å². The van der Waals surface area contributed by atoms with E-state index in [9.17, 15) is 14.9 Å². The summed E-state index contributed by atoms with van der Waals surface area (Å²) in [5.41, 5.74) is 2.11. The second-order valence-corrected chi connectivity index (χ2v) is 5.51. The van der Waals surface area contributed by atoms with Crippen LogP contribution < -0.4 is 5.56 Å². The second-order valence-electron chi connectivity index (χ2n) is 5.51. The molecular formula is C17H12N4O3. The Hall–Kier alpha value is -3.48. The maximum Gasteiger partial charge on any atom is 0.270 e. The second kappa shape index (κ2) is 5.31. The fraction of sp³-hybridized carbons (Fsp3) is 0.0588. The molecule has 0 fully saturated rings. The molecule has 4 rings (SSSR count). The van der Waals surface area contributed by atoms with E-state index in [4.69, 9.17) is 0 Å². The van der Waals surface area contributed by atoms with E-state index >= 15 is 0 Å². The average molecular weight is 320 g/mol. The molecule has 7 heteroatoms. The van der Waals surface area contributed by atoms with Crippen LogP contribution in [-0.2, 0) is 6.42 Å². The molecule has 0 amide bonds. The Kier molecular flexibility index (Phi) is 3.13. The molecule has 2 heterocycles. The van der Waals surface area contributed by atoms with Crippen LogP contribution in [0.4, 0.5) is 5.69 Å². The number of H-pyrrole nitrogens is 2. The van der Waals surface area contributed by atoms with Crippen LogP contribution in [0.5, 0.6) is 0 Å². The number of non-ortho nitro benzene ring substituents is 1. The largest absolute Gasteiger partial charge is 0.361 e. The predicted molar refractivity (Wildman–Crippen MR) is 90.1 cm³/mol. The lowest BCUT2D eigenvalue weighted by Crippen LogP contribution is -2.12. The summed E-state index contributed by atoms with van der Waals surface area (Å²) >= 11 is 0. The molecule has 0 spiro atoms. The summed E-state index contributed by atoms with van der Waals surface area (Å²) in [4.78, 5) is 33.0. The molecule has 0 radical (unpaired) electrons. The lowest BCUT2D eigenvalue weighted by atomic mass is 10.1. The molecular weight excluding hydrogens is 308 g/mol. The predicted octanol–water partition coefficient (Wildman–Crippen LogP) is 2.90. The van der Waals surface area contributed by atoms with Gasteiger partial charge in [0.05, 0.1) is 15.8 Å². The molecule has 118 valence electrons. The van der Waals surface area contributed by atoms with Gasteiger partial charge < -0.3 is 9.97 Å². The lowest BCUT2D eigenvalue weighted by Gasteiger charge is -2.02. The Morgan fingerprint density at radius 3 is 2.79 bits per heavy atom. The van der Waals surface area contributed by atoms with Gasteiger partial charge in [0.1, 0.15) is 5.82 Å². The van der Waals surface area contributed by atoms with Crippen LogP contribution in [0, 0.1) is 10.1 Å². The van der Waals surface area contributed by atoms with E-state index in [-0.39, 0.29) is 11.2 Å². The average Bonchev–Trinajstić information content (AvgIpc) is 2.97. The normalized spacial score (nSPS) is 11.2. The highest BCUT2D eigenvalue weighted by molar-refractivity contribution is 5.85. The lowest BCUT2D eigenvalue weighted by molar-refractivity contribution is -0.384. The molecule has 24 heavy (non-hydrogen) atoms. The molecule has 7 nitrogen and oxygen atoms in total. The van der Waals surface area contributed by atoms with Crippen molar-refractivity contribution < 1.29 is 4.92 Å². The number of hydrogen-bond donors (Lipinski definition) is 2. The number of aromatic nitrogens is 3. The quantitative estimate of drug-likeness (QED) is 0.447. The van der Waals surface area contributed by atoms with Crippen molar-refractivity contribution in [2.24, 2.45) is 0 Å². The van der Waals surface area contributed by atoms with Gasteiger partial charge in [-0.1, -0.05) is 12.1 Å². The van der Waals surface area contributed by atoms with Crippen LogP contribution in [0.1, 0.15) is 11.4 Å². The van der Waals surface area contributed by atoms with Crippen molar-refractivity contribution in [2.45, 2.75) is 6.42 Å². The first-order valence-electron chi connectivity index (χ1n) is 7.34. The number of fused-ring (bicyclic) bond motifs is 2. The Morgan fingerprint density at radius 1 is 1.12 bits per heavy atom. The summed E-state index contributed by atoms with van der Waals surface area (Å²) in [6.45, 7) is 0. The summed E-state index contributed by atoms with van der Waals surface area (Å²) in [7, 11) is 0. The number of nitrogens with one attached hydrogen (secondary N) is 2. The highest BCUT2D eigenvalue weighted by atomic mass is 16.6. The minimum Gasteiger partial charge on any atom is -0.361 e. The van der Waals surface area contributed by atoms with E-state index in [2.05, 4.69) is 15.0 Å². The number of nitrogens with zero attached hydrogens (tertiary/aromatic N) is 2. The van der Waals surface area contributed by atoms with Crippen molar-refractivity contribution in [3.8, 4) is 0 Å². The minimum atomic E-state index is -0.424.